The van der Waals surface area contributed by atoms with Gasteiger partial charge >= 0.3 is 0 Å². The zero-order valence-electron chi connectivity index (χ0n) is 16.5. The molecule has 30 heavy (non-hydrogen) atoms. The van der Waals surface area contributed by atoms with E-state index < -0.39 is 4.92 Å². The quantitative estimate of drug-likeness (QED) is 0.193. The average molecular weight is 417 g/mol. The highest BCUT2D eigenvalue weighted by atomic mass is 32.2. The van der Waals surface area contributed by atoms with E-state index in [1.165, 1.54) is 23.9 Å². The Hall–Kier alpha value is -3.45. The number of aromatic nitrogens is 2. The minimum atomic E-state index is -0.417. The molecule has 0 spiro atoms. The molecule has 0 aliphatic carbocycles. The van der Waals surface area contributed by atoms with Crippen LogP contribution < -0.4 is 5.56 Å². The SMILES string of the molecule is Cc1ccc(-n2c(SCc3ccc([N+](=O)[O-])cc3)nc3ccccc3c2=O)c(C)c1. The van der Waals surface area contributed by atoms with E-state index in [1.54, 1.807) is 22.8 Å². The Labute approximate surface area is 177 Å². The van der Waals surface area contributed by atoms with Gasteiger partial charge in [0.15, 0.2) is 5.16 Å². The molecular weight excluding hydrogens is 398 g/mol. The van der Waals surface area contributed by atoms with Gasteiger partial charge in [0.05, 0.1) is 21.5 Å². The molecule has 3 aromatic carbocycles. The molecule has 0 saturated heterocycles. The molecule has 0 N–H and O–H groups in total. The Morgan fingerprint density at radius 2 is 1.77 bits per heavy atom. The maximum atomic E-state index is 13.4. The molecule has 6 nitrogen and oxygen atoms in total. The number of hydrogen-bond donors (Lipinski definition) is 0. The number of benzene rings is 3. The van der Waals surface area contributed by atoms with Gasteiger partial charge in [0.2, 0.25) is 0 Å². The molecule has 7 heteroatoms. The summed E-state index contributed by atoms with van der Waals surface area (Å²) in [5.74, 6) is 0.535. The Balaban J connectivity index is 1.79. The highest BCUT2D eigenvalue weighted by molar-refractivity contribution is 7.98. The molecule has 0 bridgehead atoms. The van der Waals surface area contributed by atoms with E-state index in [9.17, 15) is 14.9 Å². The third-order valence-corrected chi connectivity index (χ3v) is 5.86. The van der Waals surface area contributed by atoms with Gasteiger partial charge in [-0.05, 0) is 43.2 Å². The lowest BCUT2D eigenvalue weighted by Gasteiger charge is -2.15. The molecule has 1 heterocycles. The predicted molar refractivity (Wildman–Crippen MR) is 119 cm³/mol. The van der Waals surface area contributed by atoms with Crippen molar-refractivity contribution in [3.63, 3.8) is 0 Å². The molecule has 4 rings (SSSR count). The number of non-ortho nitro benzene ring substituents is 1. The fraction of sp³-hybridized carbons (Fsp3) is 0.130. The lowest BCUT2D eigenvalue weighted by molar-refractivity contribution is -0.384. The van der Waals surface area contributed by atoms with Crippen LogP contribution in [0.15, 0.2) is 76.7 Å². The van der Waals surface area contributed by atoms with Crippen molar-refractivity contribution >= 4 is 28.4 Å². The maximum Gasteiger partial charge on any atom is 0.269 e. The van der Waals surface area contributed by atoms with Gasteiger partial charge in [-0.25, -0.2) is 4.98 Å². The van der Waals surface area contributed by atoms with Gasteiger partial charge in [-0.15, -0.1) is 0 Å². The highest BCUT2D eigenvalue weighted by Gasteiger charge is 2.15. The Morgan fingerprint density at radius 1 is 1.03 bits per heavy atom. The first-order chi connectivity index (χ1) is 14.4. The van der Waals surface area contributed by atoms with Gasteiger partial charge in [-0.1, -0.05) is 53.7 Å². The lowest BCUT2D eigenvalue weighted by Crippen LogP contribution is -2.22. The van der Waals surface area contributed by atoms with Gasteiger partial charge in [-0.2, -0.15) is 0 Å². The largest absolute Gasteiger partial charge is 0.269 e. The molecule has 0 atom stereocenters. The van der Waals surface area contributed by atoms with E-state index in [1.807, 2.05) is 50.2 Å². The summed E-state index contributed by atoms with van der Waals surface area (Å²) in [5, 5.41) is 12.0. The number of nitro benzene ring substituents is 1. The van der Waals surface area contributed by atoms with Crippen molar-refractivity contribution in [2.45, 2.75) is 24.8 Å². The zero-order valence-corrected chi connectivity index (χ0v) is 17.3. The normalized spacial score (nSPS) is 11.0. The van der Waals surface area contributed by atoms with Gasteiger partial charge in [0, 0.05) is 17.9 Å². The van der Waals surface area contributed by atoms with Crippen molar-refractivity contribution in [2.75, 3.05) is 0 Å². The van der Waals surface area contributed by atoms with E-state index in [0.29, 0.717) is 21.8 Å². The standard InChI is InChI=1S/C23H19N3O3S/c1-15-7-12-21(16(2)13-15)25-22(27)19-5-3-4-6-20(19)24-23(25)30-14-17-8-10-18(11-9-17)26(28)29/h3-13H,14H2,1-2H3. The first-order valence-electron chi connectivity index (χ1n) is 9.39. The summed E-state index contributed by atoms with van der Waals surface area (Å²) in [6.07, 6.45) is 0. The molecule has 0 aliphatic heterocycles. The van der Waals surface area contributed by atoms with Crippen LogP contribution >= 0.6 is 11.8 Å². The topological polar surface area (TPSA) is 78.0 Å². The number of thioether (sulfide) groups is 1. The van der Waals surface area contributed by atoms with Crippen LogP contribution in [0.3, 0.4) is 0 Å². The number of fused-ring (bicyclic) bond motifs is 1. The van der Waals surface area contributed by atoms with Crippen molar-refractivity contribution in [1.29, 1.82) is 0 Å². The number of rotatable bonds is 5. The second-order valence-corrected chi connectivity index (χ2v) is 8.00. The summed E-state index contributed by atoms with van der Waals surface area (Å²) in [6.45, 7) is 4.00. The van der Waals surface area contributed by atoms with Crippen molar-refractivity contribution in [1.82, 2.24) is 9.55 Å². The first kappa shape index (κ1) is 19.8. The zero-order chi connectivity index (χ0) is 21.3. The summed E-state index contributed by atoms with van der Waals surface area (Å²) in [6, 6.07) is 19.7. The van der Waals surface area contributed by atoms with Gasteiger partial charge in [-0.3, -0.25) is 19.5 Å². The number of nitrogens with zero attached hydrogens (tertiary/aromatic N) is 3. The van der Waals surface area contributed by atoms with Crippen molar-refractivity contribution < 1.29 is 4.92 Å². The molecule has 0 unspecified atom stereocenters. The lowest BCUT2D eigenvalue weighted by atomic mass is 10.1. The van der Waals surface area contributed by atoms with Crippen LogP contribution in [0.4, 0.5) is 5.69 Å². The van der Waals surface area contributed by atoms with Crippen LogP contribution in [0, 0.1) is 24.0 Å². The van der Waals surface area contributed by atoms with Crippen LogP contribution in [-0.4, -0.2) is 14.5 Å². The van der Waals surface area contributed by atoms with Crippen LogP contribution in [0.5, 0.6) is 0 Å². The minimum Gasteiger partial charge on any atom is -0.268 e. The number of para-hydroxylation sites is 1. The van der Waals surface area contributed by atoms with Crippen LogP contribution in [0.1, 0.15) is 16.7 Å². The smallest absolute Gasteiger partial charge is 0.268 e. The molecule has 0 saturated carbocycles. The van der Waals surface area contributed by atoms with Crippen molar-refractivity contribution in [2.24, 2.45) is 0 Å². The number of nitro groups is 1. The third-order valence-electron chi connectivity index (χ3n) is 4.85. The second kappa shape index (κ2) is 8.12. The molecule has 0 amide bonds. The van der Waals surface area contributed by atoms with E-state index in [4.69, 9.17) is 4.98 Å². The summed E-state index contributed by atoms with van der Waals surface area (Å²) in [5.41, 5.74) is 4.42. The minimum absolute atomic E-state index is 0.0553. The highest BCUT2D eigenvalue weighted by Crippen LogP contribution is 2.27. The average Bonchev–Trinajstić information content (AvgIpc) is 2.73. The maximum absolute atomic E-state index is 13.4. The number of aryl methyl sites for hydroxylation is 2. The molecule has 0 radical (unpaired) electrons. The fourth-order valence-corrected chi connectivity index (χ4v) is 4.30. The van der Waals surface area contributed by atoms with Crippen molar-refractivity contribution in [3.8, 4) is 5.69 Å². The third kappa shape index (κ3) is 3.84. The summed E-state index contributed by atoms with van der Waals surface area (Å²) < 4.78 is 1.66. The van der Waals surface area contributed by atoms with E-state index in [-0.39, 0.29) is 11.2 Å². The molecule has 0 aliphatic rings. The molecule has 1 aromatic heterocycles. The summed E-state index contributed by atoms with van der Waals surface area (Å²) in [4.78, 5) is 28.6. The van der Waals surface area contributed by atoms with Crippen LogP contribution in [0.2, 0.25) is 0 Å². The van der Waals surface area contributed by atoms with Crippen molar-refractivity contribution in [3.05, 3.63) is 104 Å². The van der Waals surface area contributed by atoms with Gasteiger partial charge in [0.25, 0.3) is 11.2 Å². The molecule has 0 fully saturated rings. The van der Waals surface area contributed by atoms with Gasteiger partial charge < -0.3 is 0 Å². The van der Waals surface area contributed by atoms with Crippen LogP contribution in [-0.2, 0) is 5.75 Å². The Morgan fingerprint density at radius 3 is 2.47 bits per heavy atom. The van der Waals surface area contributed by atoms with Crippen LogP contribution in [0.25, 0.3) is 16.6 Å². The summed E-state index contributed by atoms with van der Waals surface area (Å²) >= 11 is 1.43. The van der Waals surface area contributed by atoms with E-state index in [0.717, 1.165) is 22.4 Å². The second-order valence-electron chi connectivity index (χ2n) is 7.05. The monoisotopic (exact) mass is 417 g/mol. The number of hydrogen-bond acceptors (Lipinski definition) is 5. The first-order valence-corrected chi connectivity index (χ1v) is 10.4. The fourth-order valence-electron chi connectivity index (χ4n) is 3.34. The molecular formula is C23H19N3O3S. The predicted octanol–water partition coefficient (Wildman–Crippen LogP) is 5.20. The molecule has 150 valence electrons. The van der Waals surface area contributed by atoms with Gasteiger partial charge in [0.1, 0.15) is 0 Å². The van der Waals surface area contributed by atoms with E-state index >= 15 is 0 Å². The molecule has 4 aromatic rings. The Bertz CT molecular complexity index is 1310. The van der Waals surface area contributed by atoms with E-state index in [2.05, 4.69) is 0 Å². The summed E-state index contributed by atoms with van der Waals surface area (Å²) in [7, 11) is 0. The Kier molecular flexibility index (Phi) is 5.37.